The quantitative estimate of drug-likeness (QED) is 0.936. The van der Waals surface area contributed by atoms with E-state index >= 15 is 0 Å². The molecule has 2 heterocycles. The molecule has 3 heteroatoms. The standard InChI is InChI=1S/C18H24N2O/c1-11-12(2)21-13(3)17(11)18(19-4)15-7-5-6-14-8-9-20-10-16(14)15/h5-13,17-19H,1-4H3. The molecule has 1 aromatic heterocycles. The minimum absolute atomic E-state index is 0.263. The molecule has 5 unspecified atom stereocenters. The van der Waals surface area contributed by atoms with E-state index in [0.29, 0.717) is 17.9 Å². The van der Waals surface area contributed by atoms with E-state index in [9.17, 15) is 0 Å². The lowest BCUT2D eigenvalue weighted by molar-refractivity contribution is 0.0478. The molecule has 21 heavy (non-hydrogen) atoms. The normalized spacial score (nSPS) is 30.7. The predicted octanol–water partition coefficient (Wildman–Crippen LogP) is 3.55. The van der Waals surface area contributed by atoms with Crippen LogP contribution in [0.4, 0.5) is 0 Å². The second-order valence-electron chi connectivity index (χ2n) is 6.19. The monoisotopic (exact) mass is 284 g/mol. The van der Waals surface area contributed by atoms with Crippen molar-refractivity contribution in [1.82, 2.24) is 10.3 Å². The van der Waals surface area contributed by atoms with Crippen molar-refractivity contribution >= 4 is 10.8 Å². The minimum atomic E-state index is 0.263. The average molecular weight is 284 g/mol. The molecule has 1 aromatic carbocycles. The molecule has 0 spiro atoms. The van der Waals surface area contributed by atoms with Gasteiger partial charge in [0, 0.05) is 29.7 Å². The van der Waals surface area contributed by atoms with Gasteiger partial charge in [0.15, 0.2) is 0 Å². The highest BCUT2D eigenvalue weighted by Crippen LogP contribution is 2.41. The Morgan fingerprint density at radius 3 is 2.62 bits per heavy atom. The SMILES string of the molecule is CNC(c1cccc2ccncc12)C1C(C)OC(C)C1C. The molecule has 1 aliphatic rings. The number of fused-ring (bicyclic) bond motifs is 1. The fraction of sp³-hybridized carbons (Fsp3) is 0.500. The number of hydrogen-bond donors (Lipinski definition) is 1. The molecule has 1 N–H and O–H groups in total. The summed E-state index contributed by atoms with van der Waals surface area (Å²) in [6.07, 6.45) is 4.41. The van der Waals surface area contributed by atoms with Gasteiger partial charge in [0.05, 0.1) is 12.2 Å². The maximum atomic E-state index is 6.05. The third-order valence-corrected chi connectivity index (χ3v) is 5.07. The van der Waals surface area contributed by atoms with Crippen molar-refractivity contribution in [2.24, 2.45) is 11.8 Å². The van der Waals surface area contributed by atoms with Crippen molar-refractivity contribution in [2.45, 2.75) is 39.0 Å². The number of ether oxygens (including phenoxy) is 1. The lowest BCUT2D eigenvalue weighted by Gasteiger charge is -2.30. The van der Waals surface area contributed by atoms with Gasteiger partial charge in [-0.3, -0.25) is 4.98 Å². The summed E-state index contributed by atoms with van der Waals surface area (Å²) >= 11 is 0. The van der Waals surface area contributed by atoms with Crippen molar-refractivity contribution < 1.29 is 4.74 Å². The zero-order valence-electron chi connectivity index (χ0n) is 13.2. The second kappa shape index (κ2) is 5.74. The van der Waals surface area contributed by atoms with E-state index in [2.05, 4.69) is 55.3 Å². The molecule has 3 nitrogen and oxygen atoms in total. The zero-order chi connectivity index (χ0) is 15.0. The summed E-state index contributed by atoms with van der Waals surface area (Å²) in [4.78, 5) is 4.31. The largest absolute Gasteiger partial charge is 0.375 e. The molecule has 1 saturated heterocycles. The fourth-order valence-electron chi connectivity index (χ4n) is 3.83. The molecular formula is C18H24N2O. The number of aromatic nitrogens is 1. The Hall–Kier alpha value is -1.45. The molecule has 3 rings (SSSR count). The highest BCUT2D eigenvalue weighted by molar-refractivity contribution is 5.85. The lowest BCUT2D eigenvalue weighted by atomic mass is 9.79. The Balaban J connectivity index is 2.07. The highest BCUT2D eigenvalue weighted by atomic mass is 16.5. The molecule has 0 aliphatic carbocycles. The zero-order valence-corrected chi connectivity index (χ0v) is 13.2. The van der Waals surface area contributed by atoms with Crippen LogP contribution in [0.3, 0.4) is 0 Å². The van der Waals surface area contributed by atoms with E-state index in [1.54, 1.807) is 0 Å². The van der Waals surface area contributed by atoms with E-state index in [1.165, 1.54) is 16.3 Å². The molecular weight excluding hydrogens is 260 g/mol. The summed E-state index contributed by atoms with van der Waals surface area (Å²) in [5, 5.41) is 6.01. The van der Waals surface area contributed by atoms with Crippen LogP contribution >= 0.6 is 0 Å². The first-order chi connectivity index (χ1) is 10.1. The third kappa shape index (κ3) is 2.45. The molecule has 2 aromatic rings. The van der Waals surface area contributed by atoms with Crippen molar-refractivity contribution in [3.63, 3.8) is 0 Å². The molecule has 1 aliphatic heterocycles. The number of nitrogens with zero attached hydrogens (tertiary/aromatic N) is 1. The number of hydrogen-bond acceptors (Lipinski definition) is 3. The topological polar surface area (TPSA) is 34.2 Å². The van der Waals surface area contributed by atoms with Gasteiger partial charge in [-0.1, -0.05) is 25.1 Å². The van der Waals surface area contributed by atoms with Gasteiger partial charge >= 0.3 is 0 Å². The van der Waals surface area contributed by atoms with Crippen LogP contribution in [-0.2, 0) is 4.74 Å². The summed E-state index contributed by atoms with van der Waals surface area (Å²) < 4.78 is 6.05. The van der Waals surface area contributed by atoms with Crippen LogP contribution in [0.15, 0.2) is 36.7 Å². The van der Waals surface area contributed by atoms with E-state index in [0.717, 1.165) is 0 Å². The van der Waals surface area contributed by atoms with Gasteiger partial charge < -0.3 is 10.1 Å². The summed E-state index contributed by atoms with van der Waals surface area (Å²) in [6.45, 7) is 6.67. The average Bonchev–Trinajstić information content (AvgIpc) is 2.75. The van der Waals surface area contributed by atoms with Crippen LogP contribution in [0.1, 0.15) is 32.4 Å². The summed E-state index contributed by atoms with van der Waals surface area (Å²) in [5.74, 6) is 1.00. The van der Waals surface area contributed by atoms with Crippen LogP contribution in [0.5, 0.6) is 0 Å². The van der Waals surface area contributed by atoms with E-state index in [1.807, 2.05) is 19.4 Å². The van der Waals surface area contributed by atoms with Crippen LogP contribution in [0.2, 0.25) is 0 Å². The van der Waals surface area contributed by atoms with E-state index in [4.69, 9.17) is 4.74 Å². The second-order valence-corrected chi connectivity index (χ2v) is 6.19. The van der Waals surface area contributed by atoms with E-state index in [-0.39, 0.29) is 12.1 Å². The summed E-state index contributed by atoms with van der Waals surface area (Å²) in [6, 6.07) is 8.86. The first kappa shape index (κ1) is 14.5. The van der Waals surface area contributed by atoms with Gasteiger partial charge in [-0.05, 0) is 43.8 Å². The fourth-order valence-corrected chi connectivity index (χ4v) is 3.83. The van der Waals surface area contributed by atoms with Crippen LogP contribution in [-0.4, -0.2) is 24.2 Å². The first-order valence-electron chi connectivity index (χ1n) is 7.79. The molecule has 0 saturated carbocycles. The minimum Gasteiger partial charge on any atom is -0.375 e. The van der Waals surface area contributed by atoms with Gasteiger partial charge in [0.25, 0.3) is 0 Å². The molecule has 1 fully saturated rings. The van der Waals surface area contributed by atoms with Gasteiger partial charge in [0.1, 0.15) is 0 Å². The van der Waals surface area contributed by atoms with Crippen molar-refractivity contribution in [1.29, 1.82) is 0 Å². The Morgan fingerprint density at radius 2 is 1.95 bits per heavy atom. The van der Waals surface area contributed by atoms with Crippen LogP contribution in [0.25, 0.3) is 10.8 Å². The Bertz CT molecular complexity index is 622. The first-order valence-corrected chi connectivity index (χ1v) is 7.79. The smallest absolute Gasteiger partial charge is 0.0600 e. The molecule has 112 valence electrons. The predicted molar refractivity (Wildman–Crippen MR) is 86.2 cm³/mol. The number of nitrogens with one attached hydrogen (secondary N) is 1. The van der Waals surface area contributed by atoms with Crippen molar-refractivity contribution in [2.75, 3.05) is 7.05 Å². The molecule has 0 bridgehead atoms. The van der Waals surface area contributed by atoms with Gasteiger partial charge in [-0.15, -0.1) is 0 Å². The van der Waals surface area contributed by atoms with Crippen molar-refractivity contribution in [3.8, 4) is 0 Å². The number of rotatable bonds is 3. The number of benzene rings is 1. The van der Waals surface area contributed by atoms with Crippen LogP contribution < -0.4 is 5.32 Å². The van der Waals surface area contributed by atoms with Gasteiger partial charge in [0.2, 0.25) is 0 Å². The van der Waals surface area contributed by atoms with E-state index < -0.39 is 0 Å². The molecule has 5 atom stereocenters. The Labute approximate surface area is 126 Å². The van der Waals surface area contributed by atoms with Gasteiger partial charge in [-0.25, -0.2) is 0 Å². The summed E-state index contributed by atoms with van der Waals surface area (Å²) in [5.41, 5.74) is 1.32. The van der Waals surface area contributed by atoms with Crippen LogP contribution in [0, 0.1) is 11.8 Å². The third-order valence-electron chi connectivity index (χ3n) is 5.07. The number of pyridine rings is 1. The maximum absolute atomic E-state index is 6.05. The lowest BCUT2D eigenvalue weighted by Crippen LogP contribution is -2.33. The van der Waals surface area contributed by atoms with Crippen molar-refractivity contribution in [3.05, 3.63) is 42.2 Å². The Morgan fingerprint density at radius 1 is 1.14 bits per heavy atom. The highest BCUT2D eigenvalue weighted by Gasteiger charge is 2.42. The molecule has 0 amide bonds. The maximum Gasteiger partial charge on any atom is 0.0600 e. The Kier molecular flexibility index (Phi) is 3.96. The molecule has 0 radical (unpaired) electrons. The van der Waals surface area contributed by atoms with Gasteiger partial charge in [-0.2, -0.15) is 0 Å². The summed E-state index contributed by atoms with van der Waals surface area (Å²) in [7, 11) is 2.04.